The van der Waals surface area contributed by atoms with E-state index in [9.17, 15) is 0 Å². The number of hydrogen-bond acceptors (Lipinski definition) is 3. The van der Waals surface area contributed by atoms with Crippen LogP contribution in [0.5, 0.6) is 5.75 Å². The van der Waals surface area contributed by atoms with E-state index in [0.717, 1.165) is 27.9 Å². The molecule has 90 valence electrons. The summed E-state index contributed by atoms with van der Waals surface area (Å²) >= 11 is 5.81. The topological polar surface area (TPSA) is 50.8 Å². The number of para-hydroxylation sites is 1. The zero-order valence-corrected chi connectivity index (χ0v) is 10.4. The maximum Gasteiger partial charge on any atom is 0.222 e. The lowest BCUT2D eigenvalue weighted by Gasteiger charge is -2.02. The number of fused-ring (bicyclic) bond motifs is 1. The molecule has 0 radical (unpaired) electrons. The van der Waals surface area contributed by atoms with Gasteiger partial charge in [-0.2, -0.15) is 0 Å². The van der Waals surface area contributed by atoms with Crippen LogP contribution in [-0.4, -0.2) is 22.1 Å². The van der Waals surface area contributed by atoms with Crippen molar-refractivity contribution in [3.63, 3.8) is 0 Å². The molecule has 3 aromatic rings. The van der Waals surface area contributed by atoms with Crippen LogP contribution in [0.4, 0.5) is 0 Å². The average molecular weight is 260 g/mol. The van der Waals surface area contributed by atoms with E-state index in [1.807, 2.05) is 30.5 Å². The minimum Gasteiger partial charge on any atom is -0.495 e. The van der Waals surface area contributed by atoms with Crippen molar-refractivity contribution in [3.05, 3.63) is 41.9 Å². The molecule has 0 spiro atoms. The van der Waals surface area contributed by atoms with E-state index in [2.05, 4.69) is 15.0 Å². The molecule has 0 amide bonds. The van der Waals surface area contributed by atoms with Crippen molar-refractivity contribution in [2.24, 2.45) is 0 Å². The van der Waals surface area contributed by atoms with E-state index >= 15 is 0 Å². The van der Waals surface area contributed by atoms with Gasteiger partial charge in [0.05, 0.1) is 18.3 Å². The first-order chi connectivity index (χ1) is 8.79. The molecular weight excluding hydrogens is 250 g/mol. The molecule has 4 nitrogen and oxygen atoms in total. The van der Waals surface area contributed by atoms with Gasteiger partial charge in [0.2, 0.25) is 5.28 Å². The second-order valence-corrected chi connectivity index (χ2v) is 4.13. The number of nitrogens with one attached hydrogen (secondary N) is 1. The van der Waals surface area contributed by atoms with E-state index < -0.39 is 0 Å². The largest absolute Gasteiger partial charge is 0.495 e. The number of methoxy groups -OCH3 is 1. The Bertz CT molecular complexity index is 708. The Morgan fingerprint density at radius 1 is 1.28 bits per heavy atom. The van der Waals surface area contributed by atoms with Crippen LogP contribution < -0.4 is 4.74 Å². The SMILES string of the molecule is COc1cccc2c(-c3ccnc(Cl)n3)c[nH]c12. The van der Waals surface area contributed by atoms with E-state index in [1.165, 1.54) is 0 Å². The first-order valence-corrected chi connectivity index (χ1v) is 5.80. The van der Waals surface area contributed by atoms with Gasteiger partial charge in [-0.05, 0) is 23.7 Å². The first kappa shape index (κ1) is 11.0. The molecule has 0 saturated carbocycles. The summed E-state index contributed by atoms with van der Waals surface area (Å²) in [6.07, 6.45) is 3.54. The number of halogens is 1. The predicted octanol–water partition coefficient (Wildman–Crippen LogP) is 3.29. The van der Waals surface area contributed by atoms with Crippen molar-refractivity contribution in [2.45, 2.75) is 0 Å². The highest BCUT2D eigenvalue weighted by Gasteiger charge is 2.10. The summed E-state index contributed by atoms with van der Waals surface area (Å²) in [7, 11) is 1.65. The molecule has 0 saturated heterocycles. The average Bonchev–Trinajstić information content (AvgIpc) is 2.82. The normalized spacial score (nSPS) is 10.8. The van der Waals surface area contributed by atoms with E-state index in [4.69, 9.17) is 16.3 Å². The van der Waals surface area contributed by atoms with Gasteiger partial charge in [0.1, 0.15) is 5.75 Å². The molecule has 5 heteroatoms. The highest BCUT2D eigenvalue weighted by molar-refractivity contribution is 6.28. The standard InChI is InChI=1S/C13H10ClN3O/c1-18-11-4-2-3-8-9(7-16-12(8)11)10-5-6-15-13(14)17-10/h2-7,16H,1H3. The number of aromatic amines is 1. The summed E-state index contributed by atoms with van der Waals surface area (Å²) in [6.45, 7) is 0. The van der Waals surface area contributed by atoms with Crippen molar-refractivity contribution < 1.29 is 4.74 Å². The van der Waals surface area contributed by atoms with Crippen molar-refractivity contribution >= 4 is 22.5 Å². The minimum absolute atomic E-state index is 0.241. The van der Waals surface area contributed by atoms with Crippen LogP contribution in [0.1, 0.15) is 0 Å². The molecule has 0 bridgehead atoms. The van der Waals surface area contributed by atoms with Gasteiger partial charge in [-0.3, -0.25) is 0 Å². The summed E-state index contributed by atoms with van der Waals surface area (Å²) in [5.74, 6) is 0.805. The quantitative estimate of drug-likeness (QED) is 0.719. The van der Waals surface area contributed by atoms with Crippen LogP contribution in [0.25, 0.3) is 22.2 Å². The Kier molecular flexibility index (Phi) is 2.64. The zero-order chi connectivity index (χ0) is 12.5. The van der Waals surface area contributed by atoms with Gasteiger partial charge in [0.25, 0.3) is 0 Å². The number of benzene rings is 1. The van der Waals surface area contributed by atoms with Gasteiger partial charge in [-0.1, -0.05) is 12.1 Å². The van der Waals surface area contributed by atoms with Gasteiger partial charge in [0.15, 0.2) is 0 Å². The summed E-state index contributed by atoms with van der Waals surface area (Å²) in [5, 5.41) is 1.29. The van der Waals surface area contributed by atoms with Gasteiger partial charge < -0.3 is 9.72 Å². The molecule has 0 fully saturated rings. The van der Waals surface area contributed by atoms with Crippen LogP contribution in [0.3, 0.4) is 0 Å². The highest BCUT2D eigenvalue weighted by atomic mass is 35.5. The number of nitrogens with zero attached hydrogens (tertiary/aromatic N) is 2. The monoisotopic (exact) mass is 259 g/mol. The summed E-state index contributed by atoms with van der Waals surface area (Å²) in [5.41, 5.74) is 2.72. The third-order valence-corrected chi connectivity index (χ3v) is 2.98. The minimum atomic E-state index is 0.241. The highest BCUT2D eigenvalue weighted by Crippen LogP contribution is 2.32. The fraction of sp³-hybridized carbons (Fsp3) is 0.0769. The lowest BCUT2D eigenvalue weighted by molar-refractivity contribution is 0.419. The van der Waals surface area contributed by atoms with Crippen molar-refractivity contribution in [1.82, 2.24) is 15.0 Å². The molecule has 2 heterocycles. The zero-order valence-electron chi connectivity index (χ0n) is 9.64. The van der Waals surface area contributed by atoms with Crippen molar-refractivity contribution in [1.29, 1.82) is 0 Å². The van der Waals surface area contributed by atoms with Gasteiger partial charge in [0, 0.05) is 23.3 Å². The van der Waals surface area contributed by atoms with Gasteiger partial charge in [-0.15, -0.1) is 0 Å². The number of H-pyrrole nitrogens is 1. The molecule has 0 aliphatic carbocycles. The van der Waals surface area contributed by atoms with Crippen LogP contribution >= 0.6 is 11.6 Å². The molecule has 1 N–H and O–H groups in total. The fourth-order valence-electron chi connectivity index (χ4n) is 1.99. The first-order valence-electron chi connectivity index (χ1n) is 5.42. The molecule has 1 aromatic carbocycles. The second-order valence-electron chi connectivity index (χ2n) is 3.80. The molecule has 0 aliphatic rings. The van der Waals surface area contributed by atoms with E-state index in [0.29, 0.717) is 0 Å². The molecule has 0 aliphatic heterocycles. The van der Waals surface area contributed by atoms with E-state index in [1.54, 1.807) is 13.3 Å². The Balaban J connectivity index is 2.25. The van der Waals surface area contributed by atoms with Crippen LogP contribution in [-0.2, 0) is 0 Å². The predicted molar refractivity (Wildman–Crippen MR) is 70.9 cm³/mol. The lowest BCUT2D eigenvalue weighted by atomic mass is 10.1. The van der Waals surface area contributed by atoms with Crippen molar-refractivity contribution in [3.8, 4) is 17.0 Å². The summed E-state index contributed by atoms with van der Waals surface area (Å²) < 4.78 is 5.31. The third kappa shape index (κ3) is 1.71. The number of aromatic nitrogens is 3. The molecule has 0 atom stereocenters. The van der Waals surface area contributed by atoms with Crippen LogP contribution in [0, 0.1) is 0 Å². The maximum absolute atomic E-state index is 5.81. The smallest absolute Gasteiger partial charge is 0.222 e. The Morgan fingerprint density at radius 2 is 2.17 bits per heavy atom. The van der Waals surface area contributed by atoms with Crippen molar-refractivity contribution in [2.75, 3.05) is 7.11 Å². The van der Waals surface area contributed by atoms with Gasteiger partial charge >= 0.3 is 0 Å². The fourth-order valence-corrected chi connectivity index (χ4v) is 2.14. The third-order valence-electron chi connectivity index (χ3n) is 2.80. The summed E-state index contributed by atoms with van der Waals surface area (Å²) in [6, 6.07) is 7.70. The van der Waals surface area contributed by atoms with Gasteiger partial charge in [-0.25, -0.2) is 9.97 Å². The second kappa shape index (κ2) is 4.31. The Morgan fingerprint density at radius 3 is 2.94 bits per heavy atom. The molecule has 18 heavy (non-hydrogen) atoms. The maximum atomic E-state index is 5.81. The molecule has 0 unspecified atom stereocenters. The number of hydrogen-bond donors (Lipinski definition) is 1. The lowest BCUT2D eigenvalue weighted by Crippen LogP contribution is -1.86. The van der Waals surface area contributed by atoms with Crippen LogP contribution in [0.15, 0.2) is 36.7 Å². The molecule has 3 rings (SSSR count). The molecular formula is C13H10ClN3O. The Labute approximate surface area is 109 Å². The number of rotatable bonds is 2. The Hall–Kier alpha value is -2.07. The van der Waals surface area contributed by atoms with Crippen LogP contribution in [0.2, 0.25) is 5.28 Å². The molecule has 2 aromatic heterocycles. The number of ether oxygens (including phenoxy) is 1. The summed E-state index contributed by atoms with van der Waals surface area (Å²) in [4.78, 5) is 11.3. The van der Waals surface area contributed by atoms with E-state index in [-0.39, 0.29) is 5.28 Å².